The number of hydrogen-bond acceptors (Lipinski definition) is 3. The largest absolute Gasteiger partial charge is 0.487 e. The molecule has 0 saturated heterocycles. The molecule has 20 heavy (non-hydrogen) atoms. The Hall–Kier alpha value is -1.40. The minimum Gasteiger partial charge on any atom is -0.487 e. The molecular weight excluding hydrogens is 325 g/mol. The van der Waals surface area contributed by atoms with Crippen molar-refractivity contribution < 1.29 is 9.13 Å². The van der Waals surface area contributed by atoms with Crippen molar-refractivity contribution >= 4 is 15.9 Å². The molecule has 1 heterocycles. The number of aromatic nitrogens is 2. The number of ether oxygens (including phenoxy) is 1. The molecule has 108 valence electrons. The molecule has 2 N–H and O–H groups in total. The van der Waals surface area contributed by atoms with E-state index >= 15 is 0 Å². The van der Waals surface area contributed by atoms with E-state index in [1.165, 1.54) is 12.1 Å². The Bertz CT molecular complexity index is 625. The maximum absolute atomic E-state index is 13.4. The highest BCUT2D eigenvalue weighted by molar-refractivity contribution is 9.10. The zero-order valence-electron chi connectivity index (χ0n) is 11.7. The van der Waals surface area contributed by atoms with Crippen LogP contribution in [0.5, 0.6) is 5.75 Å². The summed E-state index contributed by atoms with van der Waals surface area (Å²) in [6, 6.07) is 4.17. The summed E-state index contributed by atoms with van der Waals surface area (Å²) in [6.07, 6.45) is 0. The van der Waals surface area contributed by atoms with Crippen LogP contribution in [0.4, 0.5) is 4.39 Å². The van der Waals surface area contributed by atoms with Gasteiger partial charge in [0.15, 0.2) is 0 Å². The molecule has 1 atom stereocenters. The summed E-state index contributed by atoms with van der Waals surface area (Å²) in [5.74, 6) is 0.121. The van der Waals surface area contributed by atoms with Crippen molar-refractivity contribution in [2.75, 3.05) is 0 Å². The van der Waals surface area contributed by atoms with Crippen molar-refractivity contribution in [3.8, 4) is 5.75 Å². The SMILES string of the molecule is Cc1nn(C)c(COc2cc(F)ccc2[C@H](C)N)c1Br. The number of aryl methyl sites for hydroxylation is 2. The fourth-order valence-electron chi connectivity index (χ4n) is 1.99. The Balaban J connectivity index is 2.24. The number of hydrogen-bond donors (Lipinski definition) is 1. The van der Waals surface area contributed by atoms with Gasteiger partial charge in [-0.3, -0.25) is 4.68 Å². The van der Waals surface area contributed by atoms with Crippen LogP contribution in [-0.2, 0) is 13.7 Å². The van der Waals surface area contributed by atoms with Gasteiger partial charge in [-0.15, -0.1) is 0 Å². The van der Waals surface area contributed by atoms with Crippen LogP contribution in [0.3, 0.4) is 0 Å². The third-order valence-corrected chi connectivity index (χ3v) is 4.12. The fourth-order valence-corrected chi connectivity index (χ4v) is 2.44. The van der Waals surface area contributed by atoms with Crippen LogP contribution in [-0.4, -0.2) is 9.78 Å². The third kappa shape index (κ3) is 3.02. The van der Waals surface area contributed by atoms with E-state index in [1.54, 1.807) is 10.7 Å². The quantitative estimate of drug-likeness (QED) is 0.928. The Kier molecular flexibility index (Phi) is 4.45. The minimum absolute atomic E-state index is 0.220. The van der Waals surface area contributed by atoms with E-state index in [1.807, 2.05) is 20.9 Å². The van der Waals surface area contributed by atoms with Gasteiger partial charge in [0.05, 0.1) is 15.9 Å². The normalized spacial score (nSPS) is 12.5. The Morgan fingerprint density at radius 3 is 2.75 bits per heavy atom. The average molecular weight is 342 g/mol. The van der Waals surface area contributed by atoms with Crippen LogP contribution in [0.25, 0.3) is 0 Å². The van der Waals surface area contributed by atoms with Gasteiger partial charge in [-0.05, 0) is 35.8 Å². The van der Waals surface area contributed by atoms with Crippen LogP contribution in [0, 0.1) is 12.7 Å². The van der Waals surface area contributed by atoms with Crippen molar-refractivity contribution in [1.29, 1.82) is 0 Å². The van der Waals surface area contributed by atoms with E-state index in [-0.39, 0.29) is 11.9 Å². The number of nitrogens with zero attached hydrogens (tertiary/aromatic N) is 2. The molecule has 0 aliphatic carbocycles. The lowest BCUT2D eigenvalue weighted by Crippen LogP contribution is -2.10. The van der Waals surface area contributed by atoms with Gasteiger partial charge in [0.1, 0.15) is 18.2 Å². The molecule has 1 aromatic carbocycles. The minimum atomic E-state index is -0.343. The molecule has 0 amide bonds. The van der Waals surface area contributed by atoms with Gasteiger partial charge in [-0.2, -0.15) is 5.10 Å². The predicted molar refractivity (Wildman–Crippen MR) is 79.0 cm³/mol. The van der Waals surface area contributed by atoms with E-state index in [0.717, 1.165) is 21.4 Å². The van der Waals surface area contributed by atoms with E-state index in [9.17, 15) is 4.39 Å². The van der Waals surface area contributed by atoms with Gasteiger partial charge >= 0.3 is 0 Å². The molecule has 1 aromatic heterocycles. The Labute approximate surface area is 125 Å². The lowest BCUT2D eigenvalue weighted by molar-refractivity contribution is 0.288. The topological polar surface area (TPSA) is 53.1 Å². The van der Waals surface area contributed by atoms with Gasteiger partial charge < -0.3 is 10.5 Å². The number of nitrogens with two attached hydrogens (primary N) is 1. The van der Waals surface area contributed by atoms with Crippen molar-refractivity contribution in [2.45, 2.75) is 26.5 Å². The highest BCUT2D eigenvalue weighted by atomic mass is 79.9. The van der Waals surface area contributed by atoms with Crippen LogP contribution in [0.2, 0.25) is 0 Å². The van der Waals surface area contributed by atoms with Crippen LogP contribution in [0.15, 0.2) is 22.7 Å². The lowest BCUT2D eigenvalue weighted by atomic mass is 10.1. The molecule has 0 fully saturated rings. The predicted octanol–water partition coefficient (Wildman–Crippen LogP) is 3.23. The summed E-state index contributed by atoms with van der Waals surface area (Å²) in [7, 11) is 1.84. The summed E-state index contributed by atoms with van der Waals surface area (Å²) in [4.78, 5) is 0. The zero-order valence-corrected chi connectivity index (χ0v) is 13.2. The highest BCUT2D eigenvalue weighted by Crippen LogP contribution is 2.27. The van der Waals surface area contributed by atoms with Gasteiger partial charge in [0.2, 0.25) is 0 Å². The molecule has 0 bridgehead atoms. The molecular formula is C14H17BrFN3O. The summed E-state index contributed by atoms with van der Waals surface area (Å²) in [5.41, 5.74) is 8.43. The summed E-state index contributed by atoms with van der Waals surface area (Å²) in [6.45, 7) is 4.04. The number of benzene rings is 1. The van der Waals surface area contributed by atoms with E-state index in [0.29, 0.717) is 12.4 Å². The first kappa shape index (κ1) is 15.0. The van der Waals surface area contributed by atoms with Gasteiger partial charge in [0, 0.05) is 24.7 Å². The highest BCUT2D eigenvalue weighted by Gasteiger charge is 2.14. The average Bonchev–Trinajstić information content (AvgIpc) is 2.61. The fraction of sp³-hybridized carbons (Fsp3) is 0.357. The van der Waals surface area contributed by atoms with Crippen molar-refractivity contribution in [2.24, 2.45) is 12.8 Å². The summed E-state index contributed by atoms with van der Waals surface area (Å²) < 4.78 is 21.7. The Morgan fingerprint density at radius 1 is 1.50 bits per heavy atom. The monoisotopic (exact) mass is 341 g/mol. The van der Waals surface area contributed by atoms with Crippen molar-refractivity contribution in [3.05, 3.63) is 45.4 Å². The molecule has 0 radical (unpaired) electrons. The second kappa shape index (κ2) is 5.93. The molecule has 4 nitrogen and oxygen atoms in total. The molecule has 2 aromatic rings. The van der Waals surface area contributed by atoms with Crippen LogP contribution >= 0.6 is 15.9 Å². The molecule has 6 heteroatoms. The first-order valence-electron chi connectivity index (χ1n) is 6.26. The van der Waals surface area contributed by atoms with Crippen LogP contribution in [0.1, 0.15) is 29.9 Å². The first-order chi connectivity index (χ1) is 9.40. The molecule has 0 unspecified atom stereocenters. The van der Waals surface area contributed by atoms with Crippen LogP contribution < -0.4 is 10.5 Å². The first-order valence-corrected chi connectivity index (χ1v) is 7.05. The molecule has 0 spiro atoms. The van der Waals surface area contributed by atoms with Gasteiger partial charge in [-0.1, -0.05) is 6.07 Å². The van der Waals surface area contributed by atoms with Gasteiger partial charge in [-0.25, -0.2) is 4.39 Å². The molecule has 0 saturated carbocycles. The number of halogens is 2. The second-order valence-electron chi connectivity index (χ2n) is 4.73. The van der Waals surface area contributed by atoms with Crippen molar-refractivity contribution in [3.63, 3.8) is 0 Å². The smallest absolute Gasteiger partial charge is 0.131 e. The van der Waals surface area contributed by atoms with Crippen molar-refractivity contribution in [1.82, 2.24) is 9.78 Å². The van der Waals surface area contributed by atoms with Gasteiger partial charge in [0.25, 0.3) is 0 Å². The zero-order chi connectivity index (χ0) is 14.9. The lowest BCUT2D eigenvalue weighted by Gasteiger charge is -2.14. The maximum atomic E-state index is 13.4. The van der Waals surface area contributed by atoms with E-state index < -0.39 is 0 Å². The number of rotatable bonds is 4. The molecule has 0 aliphatic heterocycles. The molecule has 2 rings (SSSR count). The van der Waals surface area contributed by atoms with E-state index in [4.69, 9.17) is 10.5 Å². The van der Waals surface area contributed by atoms with E-state index in [2.05, 4.69) is 21.0 Å². The second-order valence-corrected chi connectivity index (χ2v) is 5.52. The molecule has 0 aliphatic rings. The standard InChI is InChI=1S/C14H17BrFN3O/c1-8(17)11-5-4-10(16)6-13(11)20-7-12-14(15)9(2)18-19(12)3/h4-6,8H,7,17H2,1-3H3/t8-/m0/s1. The third-order valence-electron chi connectivity index (χ3n) is 3.09. The Morgan fingerprint density at radius 2 is 2.20 bits per heavy atom. The summed E-state index contributed by atoms with van der Waals surface area (Å²) >= 11 is 3.47. The summed E-state index contributed by atoms with van der Waals surface area (Å²) in [5, 5.41) is 4.29. The maximum Gasteiger partial charge on any atom is 0.131 e.